The van der Waals surface area contributed by atoms with Crippen LogP contribution < -0.4 is 0 Å². The van der Waals surface area contributed by atoms with Crippen molar-refractivity contribution in [3.8, 4) is 0 Å². The Balaban J connectivity index is 1.89. The maximum atomic E-state index is 11.6. The van der Waals surface area contributed by atoms with E-state index in [9.17, 15) is 4.79 Å². The number of fused-ring (bicyclic) bond motifs is 1. The van der Waals surface area contributed by atoms with Crippen molar-refractivity contribution in [2.75, 3.05) is 13.6 Å². The molecule has 0 saturated carbocycles. The van der Waals surface area contributed by atoms with Crippen LogP contribution in [0.3, 0.4) is 0 Å². The first kappa shape index (κ1) is 13.0. The quantitative estimate of drug-likeness (QED) is 0.829. The Morgan fingerprint density at radius 1 is 1.39 bits per heavy atom. The van der Waals surface area contributed by atoms with Gasteiger partial charge in [-0.1, -0.05) is 12.1 Å². The lowest BCUT2D eigenvalue weighted by Crippen LogP contribution is -2.25. The van der Waals surface area contributed by atoms with Crippen LogP contribution in [0, 0.1) is 0 Å². The minimum absolute atomic E-state index is 0.221. The van der Waals surface area contributed by atoms with Crippen LogP contribution in [0.5, 0.6) is 0 Å². The number of para-hydroxylation sites is 1. The number of hydrogen-bond acceptors (Lipinski definition) is 3. The second-order valence-electron chi connectivity index (χ2n) is 4.34. The molecule has 1 aromatic carbocycles. The minimum atomic E-state index is 0.221. The van der Waals surface area contributed by atoms with Gasteiger partial charge in [0, 0.05) is 20.0 Å². The van der Waals surface area contributed by atoms with Crippen molar-refractivity contribution in [3.63, 3.8) is 0 Å². The molecule has 1 heterocycles. The van der Waals surface area contributed by atoms with Crippen LogP contribution in [0.15, 0.2) is 24.3 Å². The Labute approximate surface area is 111 Å². The van der Waals surface area contributed by atoms with Gasteiger partial charge in [0.25, 0.3) is 0 Å². The lowest BCUT2D eigenvalue weighted by molar-refractivity contribution is -0.129. The summed E-state index contributed by atoms with van der Waals surface area (Å²) in [7, 11) is 1.85. The molecule has 96 valence electrons. The second kappa shape index (κ2) is 5.96. The Morgan fingerprint density at radius 2 is 2.17 bits per heavy atom. The molecule has 18 heavy (non-hydrogen) atoms. The Bertz CT molecular complexity index is 502. The summed E-state index contributed by atoms with van der Waals surface area (Å²) in [5.74, 6) is 0.221. The van der Waals surface area contributed by atoms with Crippen LogP contribution in [0.4, 0.5) is 0 Å². The van der Waals surface area contributed by atoms with Gasteiger partial charge in [-0.15, -0.1) is 11.3 Å². The van der Waals surface area contributed by atoms with Gasteiger partial charge in [0.15, 0.2) is 0 Å². The molecule has 0 N–H and O–H groups in total. The molecule has 4 heteroatoms. The molecule has 2 rings (SSSR count). The lowest BCUT2D eigenvalue weighted by Gasteiger charge is -2.13. The molecule has 1 aromatic heterocycles. The highest BCUT2D eigenvalue weighted by atomic mass is 32.1. The molecule has 0 bridgehead atoms. The van der Waals surface area contributed by atoms with E-state index < -0.39 is 0 Å². The van der Waals surface area contributed by atoms with Gasteiger partial charge in [-0.25, -0.2) is 4.98 Å². The standard InChI is InChI=1S/C14H18N2OS/c1-3-16(2)14(17)10-6-9-13-15-11-7-4-5-8-12(11)18-13/h4-5,7-8H,3,6,9-10H2,1-2H3. The predicted molar refractivity (Wildman–Crippen MR) is 75.9 cm³/mol. The molecule has 0 unspecified atom stereocenters. The summed E-state index contributed by atoms with van der Waals surface area (Å²) < 4.78 is 1.23. The summed E-state index contributed by atoms with van der Waals surface area (Å²) in [6, 6.07) is 8.16. The Kier molecular flexibility index (Phi) is 4.31. The maximum absolute atomic E-state index is 11.6. The van der Waals surface area contributed by atoms with Crippen molar-refractivity contribution < 1.29 is 4.79 Å². The molecule has 0 saturated heterocycles. The van der Waals surface area contributed by atoms with Gasteiger partial charge >= 0.3 is 0 Å². The lowest BCUT2D eigenvalue weighted by atomic mass is 10.2. The first-order chi connectivity index (χ1) is 8.70. The summed E-state index contributed by atoms with van der Waals surface area (Å²) in [6.07, 6.45) is 2.38. The number of hydrogen-bond donors (Lipinski definition) is 0. The summed E-state index contributed by atoms with van der Waals surface area (Å²) in [5, 5.41) is 1.13. The number of carbonyl (C=O) groups excluding carboxylic acids is 1. The highest BCUT2D eigenvalue weighted by Gasteiger charge is 2.08. The zero-order valence-electron chi connectivity index (χ0n) is 10.8. The van der Waals surface area contributed by atoms with Gasteiger partial charge in [0.2, 0.25) is 5.91 Å². The van der Waals surface area contributed by atoms with Gasteiger partial charge in [-0.3, -0.25) is 4.79 Å². The van der Waals surface area contributed by atoms with Crippen molar-refractivity contribution in [3.05, 3.63) is 29.3 Å². The summed E-state index contributed by atoms with van der Waals surface area (Å²) in [4.78, 5) is 18.0. The third-order valence-corrected chi connectivity index (χ3v) is 4.12. The van der Waals surface area contributed by atoms with E-state index in [1.165, 1.54) is 4.70 Å². The Hall–Kier alpha value is -1.42. The normalized spacial score (nSPS) is 10.8. The molecule has 0 aliphatic heterocycles. The monoisotopic (exact) mass is 262 g/mol. The minimum Gasteiger partial charge on any atom is -0.346 e. The van der Waals surface area contributed by atoms with Gasteiger partial charge in [-0.2, -0.15) is 0 Å². The van der Waals surface area contributed by atoms with Crippen molar-refractivity contribution in [2.45, 2.75) is 26.2 Å². The predicted octanol–water partition coefficient (Wildman–Crippen LogP) is 3.10. The molecule has 0 radical (unpaired) electrons. The number of carbonyl (C=O) groups is 1. The third-order valence-electron chi connectivity index (χ3n) is 3.02. The van der Waals surface area contributed by atoms with E-state index in [0.29, 0.717) is 6.42 Å². The Morgan fingerprint density at radius 3 is 2.89 bits per heavy atom. The third kappa shape index (κ3) is 3.07. The van der Waals surface area contributed by atoms with Crippen LogP contribution in [-0.4, -0.2) is 29.4 Å². The molecular formula is C14H18N2OS. The molecule has 2 aromatic rings. The molecule has 0 spiro atoms. The average Bonchev–Trinajstić information content (AvgIpc) is 2.80. The van der Waals surface area contributed by atoms with Crippen molar-refractivity contribution in [2.24, 2.45) is 0 Å². The van der Waals surface area contributed by atoms with Crippen molar-refractivity contribution >= 4 is 27.5 Å². The van der Waals surface area contributed by atoms with Crippen LogP contribution in [0.1, 0.15) is 24.8 Å². The van der Waals surface area contributed by atoms with Gasteiger partial charge in [0.1, 0.15) is 0 Å². The first-order valence-electron chi connectivity index (χ1n) is 6.29. The van der Waals surface area contributed by atoms with E-state index in [-0.39, 0.29) is 5.91 Å². The average molecular weight is 262 g/mol. The van der Waals surface area contributed by atoms with Crippen LogP contribution in [0.2, 0.25) is 0 Å². The molecule has 1 amide bonds. The maximum Gasteiger partial charge on any atom is 0.222 e. The molecular weight excluding hydrogens is 244 g/mol. The van der Waals surface area contributed by atoms with E-state index in [1.807, 2.05) is 32.2 Å². The summed E-state index contributed by atoms with van der Waals surface area (Å²) in [5.41, 5.74) is 1.06. The van der Waals surface area contributed by atoms with Crippen LogP contribution >= 0.6 is 11.3 Å². The molecule has 0 aliphatic rings. The topological polar surface area (TPSA) is 33.2 Å². The largest absolute Gasteiger partial charge is 0.346 e. The number of amides is 1. The summed E-state index contributed by atoms with van der Waals surface area (Å²) in [6.45, 7) is 2.77. The van der Waals surface area contributed by atoms with E-state index >= 15 is 0 Å². The second-order valence-corrected chi connectivity index (χ2v) is 5.45. The van der Waals surface area contributed by atoms with Crippen LogP contribution in [0.25, 0.3) is 10.2 Å². The SMILES string of the molecule is CCN(C)C(=O)CCCc1nc2ccccc2s1. The van der Waals surface area contributed by atoms with Crippen molar-refractivity contribution in [1.82, 2.24) is 9.88 Å². The number of nitrogens with zero attached hydrogens (tertiary/aromatic N) is 2. The van der Waals surface area contributed by atoms with E-state index in [4.69, 9.17) is 0 Å². The van der Waals surface area contributed by atoms with E-state index in [2.05, 4.69) is 11.1 Å². The number of aromatic nitrogens is 1. The number of rotatable bonds is 5. The van der Waals surface area contributed by atoms with Gasteiger partial charge < -0.3 is 4.90 Å². The zero-order valence-corrected chi connectivity index (χ0v) is 11.7. The van der Waals surface area contributed by atoms with Crippen molar-refractivity contribution in [1.29, 1.82) is 0 Å². The van der Waals surface area contributed by atoms with E-state index in [1.54, 1.807) is 16.2 Å². The highest BCUT2D eigenvalue weighted by Crippen LogP contribution is 2.22. The fourth-order valence-electron chi connectivity index (χ4n) is 1.78. The smallest absolute Gasteiger partial charge is 0.222 e. The molecule has 0 atom stereocenters. The van der Waals surface area contributed by atoms with E-state index in [0.717, 1.165) is 29.9 Å². The number of benzene rings is 1. The zero-order chi connectivity index (χ0) is 13.0. The number of thiazole rings is 1. The van der Waals surface area contributed by atoms with Crippen LogP contribution in [-0.2, 0) is 11.2 Å². The first-order valence-corrected chi connectivity index (χ1v) is 7.10. The molecule has 0 aliphatic carbocycles. The molecule has 3 nitrogen and oxygen atoms in total. The number of aryl methyl sites for hydroxylation is 1. The van der Waals surface area contributed by atoms with Gasteiger partial charge in [-0.05, 0) is 31.9 Å². The fraction of sp³-hybridized carbons (Fsp3) is 0.429. The molecule has 0 fully saturated rings. The summed E-state index contributed by atoms with van der Waals surface area (Å²) >= 11 is 1.73. The van der Waals surface area contributed by atoms with Gasteiger partial charge in [0.05, 0.1) is 15.2 Å². The highest BCUT2D eigenvalue weighted by molar-refractivity contribution is 7.18. The fourth-order valence-corrected chi connectivity index (χ4v) is 2.79.